The zero-order valence-corrected chi connectivity index (χ0v) is 17.1. The largest absolute Gasteiger partial charge is 0.497 e. The lowest BCUT2D eigenvalue weighted by atomic mass is 10.1. The van der Waals surface area contributed by atoms with Gasteiger partial charge < -0.3 is 15.0 Å². The number of hydrogen-bond donors (Lipinski definition) is 1. The summed E-state index contributed by atoms with van der Waals surface area (Å²) in [5.41, 5.74) is 2.90. The molecule has 2 N–H and O–H groups in total. The number of aromatic nitrogens is 5. The van der Waals surface area contributed by atoms with Gasteiger partial charge in [0.1, 0.15) is 5.75 Å². The Kier molecular flexibility index (Phi) is 5.22. The van der Waals surface area contributed by atoms with Gasteiger partial charge in [-0.15, -0.1) is 20.4 Å². The molecular weight excluding hydrogens is 388 g/mol. The number of benzene rings is 2. The summed E-state index contributed by atoms with van der Waals surface area (Å²) in [6.07, 6.45) is 0. The molecule has 2 aromatic heterocycles. The number of nitrogen functional groups attached to an aromatic ring is 1. The minimum absolute atomic E-state index is 0.146. The SMILES string of the molecule is COc1ccc(-c2nnc([C@@H](C)Sc3nnc(-c4ccc(C)cc4)n3N)o2)cc1. The highest BCUT2D eigenvalue weighted by molar-refractivity contribution is 7.99. The van der Waals surface area contributed by atoms with Crippen molar-refractivity contribution in [3.63, 3.8) is 0 Å². The summed E-state index contributed by atoms with van der Waals surface area (Å²) in [6, 6.07) is 15.4. The highest BCUT2D eigenvalue weighted by atomic mass is 32.2. The van der Waals surface area contributed by atoms with Crippen molar-refractivity contribution in [3.05, 3.63) is 60.0 Å². The van der Waals surface area contributed by atoms with E-state index in [9.17, 15) is 0 Å². The van der Waals surface area contributed by atoms with Crippen molar-refractivity contribution in [2.45, 2.75) is 24.3 Å². The van der Waals surface area contributed by atoms with Crippen molar-refractivity contribution < 1.29 is 9.15 Å². The predicted molar refractivity (Wildman–Crippen MR) is 111 cm³/mol. The first-order valence-electron chi connectivity index (χ1n) is 8.97. The van der Waals surface area contributed by atoms with Crippen LogP contribution in [0.25, 0.3) is 22.8 Å². The Labute approximate surface area is 172 Å². The molecule has 2 aromatic carbocycles. The summed E-state index contributed by atoms with van der Waals surface area (Å²) >= 11 is 1.40. The second-order valence-corrected chi connectivity index (χ2v) is 7.78. The van der Waals surface area contributed by atoms with Gasteiger partial charge in [0.05, 0.1) is 12.4 Å². The smallest absolute Gasteiger partial charge is 0.247 e. The van der Waals surface area contributed by atoms with Crippen molar-refractivity contribution in [2.75, 3.05) is 13.0 Å². The summed E-state index contributed by atoms with van der Waals surface area (Å²) in [5.74, 6) is 8.52. The van der Waals surface area contributed by atoms with Crippen LogP contribution in [0.4, 0.5) is 0 Å². The van der Waals surface area contributed by atoms with Gasteiger partial charge in [0.2, 0.25) is 16.9 Å². The Balaban J connectivity index is 1.50. The molecule has 9 heteroatoms. The van der Waals surface area contributed by atoms with Gasteiger partial charge in [0, 0.05) is 11.1 Å². The van der Waals surface area contributed by atoms with E-state index < -0.39 is 0 Å². The van der Waals surface area contributed by atoms with Crippen LogP contribution in [-0.4, -0.2) is 32.2 Å². The van der Waals surface area contributed by atoms with Gasteiger partial charge in [0.25, 0.3) is 0 Å². The van der Waals surface area contributed by atoms with Crippen molar-refractivity contribution >= 4 is 11.8 Å². The molecule has 0 saturated heterocycles. The molecule has 0 aliphatic carbocycles. The van der Waals surface area contributed by atoms with Crippen molar-refractivity contribution in [2.24, 2.45) is 0 Å². The number of aryl methyl sites for hydroxylation is 1. The summed E-state index contributed by atoms with van der Waals surface area (Å²) < 4.78 is 12.5. The predicted octanol–water partition coefficient (Wildman–Crippen LogP) is 3.88. The lowest BCUT2D eigenvalue weighted by molar-refractivity contribution is 0.415. The van der Waals surface area contributed by atoms with Gasteiger partial charge in [-0.25, -0.2) is 4.68 Å². The van der Waals surface area contributed by atoms with E-state index in [1.165, 1.54) is 22.0 Å². The maximum atomic E-state index is 6.22. The zero-order chi connectivity index (χ0) is 20.4. The molecule has 0 bridgehead atoms. The second kappa shape index (κ2) is 7.96. The summed E-state index contributed by atoms with van der Waals surface area (Å²) in [6.45, 7) is 3.99. The summed E-state index contributed by atoms with van der Waals surface area (Å²) in [7, 11) is 1.62. The first kappa shape index (κ1) is 19.0. The Hall–Kier alpha value is -3.33. The second-order valence-electron chi connectivity index (χ2n) is 6.48. The zero-order valence-electron chi connectivity index (χ0n) is 16.2. The highest BCUT2D eigenvalue weighted by Gasteiger charge is 2.20. The molecule has 29 heavy (non-hydrogen) atoms. The first-order chi connectivity index (χ1) is 14.0. The fourth-order valence-corrected chi connectivity index (χ4v) is 3.51. The van der Waals surface area contributed by atoms with E-state index in [4.69, 9.17) is 15.0 Å². The van der Waals surface area contributed by atoms with E-state index in [1.54, 1.807) is 7.11 Å². The average molecular weight is 408 g/mol. The van der Waals surface area contributed by atoms with E-state index in [0.29, 0.717) is 22.8 Å². The molecule has 0 radical (unpaired) electrons. The Morgan fingerprint density at radius 1 is 0.966 bits per heavy atom. The van der Waals surface area contributed by atoms with E-state index in [0.717, 1.165) is 16.9 Å². The van der Waals surface area contributed by atoms with E-state index >= 15 is 0 Å². The van der Waals surface area contributed by atoms with Crippen LogP contribution in [0.3, 0.4) is 0 Å². The molecule has 0 aliphatic rings. The van der Waals surface area contributed by atoms with Crippen LogP contribution < -0.4 is 10.6 Å². The highest BCUT2D eigenvalue weighted by Crippen LogP contribution is 2.35. The topological polar surface area (TPSA) is 105 Å². The molecule has 4 rings (SSSR count). The van der Waals surface area contributed by atoms with Gasteiger partial charge in [-0.3, -0.25) is 0 Å². The monoisotopic (exact) mass is 408 g/mol. The third-order valence-corrected chi connectivity index (χ3v) is 5.43. The molecular formula is C20H20N6O2S. The number of methoxy groups -OCH3 is 1. The normalized spacial score (nSPS) is 12.1. The minimum Gasteiger partial charge on any atom is -0.497 e. The fourth-order valence-electron chi connectivity index (χ4n) is 2.71. The number of nitrogens with two attached hydrogens (primary N) is 1. The number of ether oxygens (including phenoxy) is 1. The summed E-state index contributed by atoms with van der Waals surface area (Å²) in [5, 5.41) is 17.2. The van der Waals surface area contributed by atoms with Crippen molar-refractivity contribution in [1.82, 2.24) is 25.1 Å². The van der Waals surface area contributed by atoms with Crippen LogP contribution in [0.15, 0.2) is 58.1 Å². The van der Waals surface area contributed by atoms with Gasteiger partial charge >= 0.3 is 0 Å². The van der Waals surface area contributed by atoms with E-state index in [2.05, 4.69) is 20.4 Å². The van der Waals surface area contributed by atoms with Crippen LogP contribution in [0.1, 0.15) is 23.6 Å². The Morgan fingerprint density at radius 3 is 2.34 bits per heavy atom. The lowest BCUT2D eigenvalue weighted by Crippen LogP contribution is -2.12. The van der Waals surface area contributed by atoms with Crippen LogP contribution >= 0.6 is 11.8 Å². The van der Waals surface area contributed by atoms with Crippen molar-refractivity contribution in [3.8, 4) is 28.6 Å². The van der Waals surface area contributed by atoms with E-state index in [1.807, 2.05) is 62.4 Å². The molecule has 2 heterocycles. The molecule has 8 nitrogen and oxygen atoms in total. The molecule has 0 unspecified atom stereocenters. The lowest BCUT2D eigenvalue weighted by Gasteiger charge is -2.07. The van der Waals surface area contributed by atoms with Gasteiger partial charge in [-0.2, -0.15) is 0 Å². The third kappa shape index (κ3) is 3.95. The molecule has 1 atom stereocenters. The van der Waals surface area contributed by atoms with Gasteiger partial charge in [-0.05, 0) is 38.1 Å². The molecule has 0 saturated carbocycles. The molecule has 148 valence electrons. The van der Waals surface area contributed by atoms with Crippen molar-refractivity contribution in [1.29, 1.82) is 0 Å². The van der Waals surface area contributed by atoms with Crippen LogP contribution in [0, 0.1) is 6.92 Å². The van der Waals surface area contributed by atoms with Crippen LogP contribution in [0.5, 0.6) is 5.75 Å². The molecule has 0 amide bonds. The molecule has 0 spiro atoms. The van der Waals surface area contributed by atoms with Crippen LogP contribution in [0.2, 0.25) is 0 Å². The number of hydrogen-bond acceptors (Lipinski definition) is 8. The quantitative estimate of drug-likeness (QED) is 0.378. The number of rotatable bonds is 6. The Morgan fingerprint density at radius 2 is 1.66 bits per heavy atom. The van der Waals surface area contributed by atoms with Gasteiger partial charge in [0.15, 0.2) is 5.82 Å². The standard InChI is InChI=1S/C20H20N6O2S/c1-12-4-6-14(7-5-12)17-22-25-20(26(17)21)29-13(2)18-23-24-19(28-18)15-8-10-16(27-3)11-9-15/h4-11,13H,21H2,1-3H3/t13-/m1/s1. The molecule has 0 fully saturated rings. The average Bonchev–Trinajstić information content (AvgIpc) is 3.37. The summed E-state index contributed by atoms with van der Waals surface area (Å²) in [4.78, 5) is 0. The Bertz CT molecular complexity index is 1100. The third-order valence-electron chi connectivity index (χ3n) is 4.38. The first-order valence-corrected chi connectivity index (χ1v) is 9.85. The fraction of sp³-hybridized carbons (Fsp3) is 0.200. The van der Waals surface area contributed by atoms with Gasteiger partial charge in [-0.1, -0.05) is 41.6 Å². The minimum atomic E-state index is -0.146. The maximum Gasteiger partial charge on any atom is 0.247 e. The number of nitrogens with zero attached hydrogens (tertiary/aromatic N) is 5. The maximum absolute atomic E-state index is 6.22. The molecule has 0 aliphatic heterocycles. The van der Waals surface area contributed by atoms with Crippen LogP contribution in [-0.2, 0) is 0 Å². The molecule has 4 aromatic rings. The van der Waals surface area contributed by atoms with E-state index in [-0.39, 0.29) is 5.25 Å². The number of thioether (sulfide) groups is 1.